The predicted octanol–water partition coefficient (Wildman–Crippen LogP) is 2.66. The summed E-state index contributed by atoms with van der Waals surface area (Å²) in [6.45, 7) is 4.74. The van der Waals surface area contributed by atoms with Crippen LogP contribution in [0, 0.1) is 25.2 Å². The second kappa shape index (κ2) is 7.62. The third-order valence-electron chi connectivity index (χ3n) is 4.02. The summed E-state index contributed by atoms with van der Waals surface area (Å²) in [5.74, 6) is -0.786. The first-order chi connectivity index (χ1) is 13.3. The van der Waals surface area contributed by atoms with Crippen molar-refractivity contribution in [3.05, 3.63) is 56.4 Å². The molecule has 1 aromatic carbocycles. The minimum Gasteiger partial charge on any atom is -0.448 e. The molecule has 0 fully saturated rings. The number of hydrogen-bond donors (Lipinski definition) is 2. The van der Waals surface area contributed by atoms with Crippen molar-refractivity contribution in [3.8, 4) is 6.07 Å². The number of aromatic amines is 1. The maximum Gasteiger partial charge on any atom is 0.349 e. The molecule has 0 unspecified atom stereocenters. The molecule has 1 atom stereocenters. The maximum atomic E-state index is 12.5. The molecular weight excluding hydrogens is 380 g/mol. The van der Waals surface area contributed by atoms with Gasteiger partial charge in [-0.2, -0.15) is 5.26 Å². The van der Waals surface area contributed by atoms with Gasteiger partial charge in [0.25, 0.3) is 11.5 Å². The van der Waals surface area contributed by atoms with E-state index in [1.165, 1.54) is 13.0 Å². The van der Waals surface area contributed by atoms with Crippen LogP contribution in [0.4, 0.5) is 5.69 Å². The summed E-state index contributed by atoms with van der Waals surface area (Å²) < 4.78 is 5.26. The highest BCUT2D eigenvalue weighted by Gasteiger charge is 2.24. The van der Waals surface area contributed by atoms with Crippen LogP contribution in [0.2, 0.25) is 0 Å². The third kappa shape index (κ3) is 3.77. The van der Waals surface area contributed by atoms with Crippen LogP contribution in [0.25, 0.3) is 10.2 Å². The monoisotopic (exact) mass is 396 g/mol. The lowest BCUT2D eigenvalue weighted by atomic mass is 10.2. The van der Waals surface area contributed by atoms with Crippen molar-refractivity contribution in [3.63, 3.8) is 0 Å². The zero-order valence-electron chi connectivity index (χ0n) is 15.3. The largest absolute Gasteiger partial charge is 0.448 e. The first-order valence-electron chi connectivity index (χ1n) is 8.32. The van der Waals surface area contributed by atoms with E-state index in [9.17, 15) is 14.4 Å². The van der Waals surface area contributed by atoms with Crippen LogP contribution in [-0.4, -0.2) is 27.9 Å². The zero-order valence-corrected chi connectivity index (χ0v) is 16.1. The van der Waals surface area contributed by atoms with Gasteiger partial charge in [0, 0.05) is 5.69 Å². The second-order valence-electron chi connectivity index (χ2n) is 6.12. The number of aryl methyl sites for hydroxylation is 2. The Balaban J connectivity index is 1.77. The van der Waals surface area contributed by atoms with Crippen molar-refractivity contribution in [2.24, 2.45) is 0 Å². The Morgan fingerprint density at radius 1 is 1.36 bits per heavy atom. The van der Waals surface area contributed by atoms with Gasteiger partial charge in [0.05, 0.1) is 17.0 Å². The zero-order chi connectivity index (χ0) is 20.4. The van der Waals surface area contributed by atoms with Gasteiger partial charge in [-0.3, -0.25) is 9.59 Å². The fraction of sp³-hybridized carbons (Fsp3) is 0.211. The van der Waals surface area contributed by atoms with E-state index in [1.807, 2.05) is 6.07 Å². The fourth-order valence-corrected chi connectivity index (χ4v) is 3.73. The highest BCUT2D eigenvalue weighted by Crippen LogP contribution is 2.28. The summed E-state index contributed by atoms with van der Waals surface area (Å²) >= 11 is 1.05. The maximum absolute atomic E-state index is 12.5. The lowest BCUT2D eigenvalue weighted by Crippen LogP contribution is -2.30. The van der Waals surface area contributed by atoms with Gasteiger partial charge in [0.1, 0.15) is 15.5 Å². The van der Waals surface area contributed by atoms with Gasteiger partial charge in [-0.05, 0) is 44.5 Å². The average Bonchev–Trinajstić information content (AvgIpc) is 2.98. The lowest BCUT2D eigenvalue weighted by molar-refractivity contribution is -0.123. The van der Waals surface area contributed by atoms with Gasteiger partial charge in [0.15, 0.2) is 6.10 Å². The van der Waals surface area contributed by atoms with Crippen molar-refractivity contribution < 1.29 is 14.3 Å². The summed E-state index contributed by atoms with van der Waals surface area (Å²) in [6, 6.07) is 8.38. The molecule has 9 heteroatoms. The number of nitriles is 1. The summed E-state index contributed by atoms with van der Waals surface area (Å²) in [5, 5.41) is 11.9. The number of anilines is 1. The normalized spacial score (nSPS) is 11.6. The second-order valence-corrected chi connectivity index (χ2v) is 7.12. The number of thiophene rings is 1. The molecule has 0 saturated carbocycles. The van der Waals surface area contributed by atoms with E-state index in [-0.39, 0.29) is 10.4 Å². The Hall–Kier alpha value is -3.51. The van der Waals surface area contributed by atoms with E-state index in [0.717, 1.165) is 11.3 Å². The summed E-state index contributed by atoms with van der Waals surface area (Å²) in [7, 11) is 0. The summed E-state index contributed by atoms with van der Waals surface area (Å²) in [6.07, 6.45) is -1.07. The molecule has 2 N–H and O–H groups in total. The number of rotatable bonds is 4. The first kappa shape index (κ1) is 19.3. The Morgan fingerprint density at radius 3 is 2.82 bits per heavy atom. The highest BCUT2D eigenvalue weighted by molar-refractivity contribution is 7.20. The molecule has 8 nitrogen and oxygen atoms in total. The molecule has 0 bridgehead atoms. The first-order valence-corrected chi connectivity index (χ1v) is 9.14. The number of amides is 1. The SMILES string of the molecule is Cc1nc2sc(C(=O)O[C@H](C)C(=O)Nc3cccc(C#N)c3)c(C)c2c(=O)[nH]1. The number of aromatic nitrogens is 2. The molecule has 1 amide bonds. The fourth-order valence-electron chi connectivity index (χ4n) is 2.62. The van der Waals surface area contributed by atoms with Crippen LogP contribution >= 0.6 is 11.3 Å². The Kier molecular flexibility index (Phi) is 5.24. The topological polar surface area (TPSA) is 125 Å². The molecule has 0 aliphatic rings. The van der Waals surface area contributed by atoms with Crippen molar-refractivity contribution in [1.82, 2.24) is 9.97 Å². The molecule has 0 spiro atoms. The quantitative estimate of drug-likeness (QED) is 0.653. The molecular formula is C19H16N4O4S. The minimum atomic E-state index is -1.07. The van der Waals surface area contributed by atoms with Crippen molar-refractivity contribution in [2.45, 2.75) is 26.9 Å². The smallest absolute Gasteiger partial charge is 0.349 e. The number of ether oxygens (including phenoxy) is 1. The van der Waals surface area contributed by atoms with Gasteiger partial charge in [0.2, 0.25) is 0 Å². The molecule has 3 aromatic rings. The van der Waals surface area contributed by atoms with E-state index in [2.05, 4.69) is 15.3 Å². The number of esters is 1. The van der Waals surface area contributed by atoms with Crippen molar-refractivity contribution in [1.29, 1.82) is 5.26 Å². The van der Waals surface area contributed by atoms with Gasteiger partial charge in [-0.25, -0.2) is 9.78 Å². The number of benzene rings is 1. The Morgan fingerprint density at radius 2 is 2.11 bits per heavy atom. The number of H-pyrrole nitrogens is 1. The average molecular weight is 396 g/mol. The van der Waals surface area contributed by atoms with E-state index in [0.29, 0.717) is 32.9 Å². The van der Waals surface area contributed by atoms with Crippen LogP contribution in [0.1, 0.15) is 33.5 Å². The molecule has 142 valence electrons. The minimum absolute atomic E-state index is 0.227. The lowest BCUT2D eigenvalue weighted by Gasteiger charge is -2.13. The predicted molar refractivity (Wildman–Crippen MR) is 104 cm³/mol. The van der Waals surface area contributed by atoms with Gasteiger partial charge < -0.3 is 15.0 Å². The number of carbonyl (C=O) groups is 2. The van der Waals surface area contributed by atoms with E-state index < -0.39 is 18.0 Å². The Bertz CT molecular complexity index is 1190. The molecule has 2 heterocycles. The van der Waals surface area contributed by atoms with Crippen LogP contribution in [-0.2, 0) is 9.53 Å². The van der Waals surface area contributed by atoms with Crippen LogP contribution < -0.4 is 10.9 Å². The summed E-state index contributed by atoms with van der Waals surface area (Å²) in [4.78, 5) is 44.4. The number of hydrogen-bond acceptors (Lipinski definition) is 7. The highest BCUT2D eigenvalue weighted by atomic mass is 32.1. The number of carbonyl (C=O) groups excluding carboxylic acids is 2. The summed E-state index contributed by atoms with van der Waals surface area (Å²) in [5.41, 5.74) is 0.971. The van der Waals surface area contributed by atoms with Crippen LogP contribution in [0.5, 0.6) is 0 Å². The molecule has 0 saturated heterocycles. The van der Waals surface area contributed by atoms with Crippen molar-refractivity contribution >= 4 is 39.1 Å². The van der Waals surface area contributed by atoms with Crippen molar-refractivity contribution in [2.75, 3.05) is 5.32 Å². The molecule has 0 aliphatic carbocycles. The van der Waals surface area contributed by atoms with Crippen LogP contribution in [0.15, 0.2) is 29.1 Å². The molecule has 3 rings (SSSR count). The molecule has 28 heavy (non-hydrogen) atoms. The van der Waals surface area contributed by atoms with Gasteiger partial charge >= 0.3 is 5.97 Å². The molecule has 2 aromatic heterocycles. The van der Waals surface area contributed by atoms with E-state index in [1.54, 1.807) is 32.0 Å². The molecule has 0 radical (unpaired) electrons. The number of nitrogens with zero attached hydrogens (tertiary/aromatic N) is 2. The van der Waals surface area contributed by atoms with Gasteiger partial charge in [-0.1, -0.05) is 6.07 Å². The molecule has 0 aliphatic heterocycles. The number of fused-ring (bicyclic) bond motifs is 1. The van der Waals surface area contributed by atoms with E-state index in [4.69, 9.17) is 10.00 Å². The number of nitrogens with one attached hydrogen (secondary N) is 2. The third-order valence-corrected chi connectivity index (χ3v) is 5.18. The van der Waals surface area contributed by atoms with E-state index >= 15 is 0 Å². The Labute approximate surface area is 163 Å². The standard InChI is InChI=1S/C19H16N4O4S/c1-9-14-17(25)21-11(3)22-18(14)28-15(9)19(26)27-10(2)16(24)23-13-6-4-5-12(7-13)8-20/h4-7,10H,1-3H3,(H,23,24)(H,21,22,25)/t10-/m1/s1. The van der Waals surface area contributed by atoms with Gasteiger partial charge in [-0.15, -0.1) is 11.3 Å². The van der Waals surface area contributed by atoms with Crippen LogP contribution in [0.3, 0.4) is 0 Å².